The normalized spacial score (nSPS) is 12.7. The zero-order valence-electron chi connectivity index (χ0n) is 20.7. The molecule has 188 valence electrons. The Morgan fingerprint density at radius 1 is 1.24 bits per heavy atom. The summed E-state index contributed by atoms with van der Waals surface area (Å²) in [5.74, 6) is -0.746. The number of rotatable bonds is 12. The number of benzene rings is 1. The molecule has 2 atom stereocenters. The largest absolute Gasteiger partial charge is 0.508 e. The highest BCUT2D eigenvalue weighted by molar-refractivity contribution is 7.98. The third kappa shape index (κ3) is 9.56. The number of carbonyl (C=O) groups is 3. The second-order valence-corrected chi connectivity index (χ2v) is 9.76. The number of alkyl carbamates (subject to hydrolysis) is 1. The van der Waals surface area contributed by atoms with Crippen molar-refractivity contribution in [3.8, 4) is 18.2 Å². The quantitative estimate of drug-likeness (QED) is 0.233. The summed E-state index contributed by atoms with van der Waals surface area (Å²) in [4.78, 5) is 40.0. The van der Waals surface area contributed by atoms with E-state index in [0.29, 0.717) is 12.3 Å². The Hall–Kier alpha value is -2.86. The molecule has 0 aromatic heterocycles. The summed E-state index contributed by atoms with van der Waals surface area (Å²) in [6.45, 7) is 7.62. The molecule has 2 unspecified atom stereocenters. The topological polar surface area (TPSA) is 108 Å². The molecule has 0 aliphatic rings. The van der Waals surface area contributed by atoms with Gasteiger partial charge in [-0.05, 0) is 51.7 Å². The predicted octanol–water partition coefficient (Wildman–Crippen LogP) is 3.81. The van der Waals surface area contributed by atoms with Gasteiger partial charge in [-0.15, -0.1) is 0 Å². The second-order valence-electron chi connectivity index (χ2n) is 8.78. The number of unbranched alkanes of at least 4 members (excludes halogenated alkanes) is 2. The number of para-hydroxylation sites is 1. The van der Waals surface area contributed by atoms with E-state index in [2.05, 4.69) is 23.6 Å². The lowest BCUT2D eigenvalue weighted by atomic mass is 10.0. The van der Waals surface area contributed by atoms with Crippen LogP contribution in [0.2, 0.25) is 0 Å². The molecule has 0 fully saturated rings. The molecule has 0 aliphatic carbocycles. The van der Waals surface area contributed by atoms with Crippen LogP contribution in [0.3, 0.4) is 0 Å². The SMILES string of the molecule is C#CN(C(=O)C(CCSC)NC(=O)OC(C)(C)C)C(C(=O)NCCCCC)c1ccccc1O. The van der Waals surface area contributed by atoms with Crippen LogP contribution >= 0.6 is 11.8 Å². The van der Waals surface area contributed by atoms with Crippen molar-refractivity contribution in [2.45, 2.75) is 71.1 Å². The van der Waals surface area contributed by atoms with Crippen molar-refractivity contribution in [1.82, 2.24) is 15.5 Å². The average molecular weight is 492 g/mol. The van der Waals surface area contributed by atoms with Crippen LogP contribution < -0.4 is 10.6 Å². The molecule has 1 rings (SSSR count). The van der Waals surface area contributed by atoms with Gasteiger partial charge in [0, 0.05) is 18.2 Å². The van der Waals surface area contributed by atoms with Gasteiger partial charge in [-0.1, -0.05) is 44.4 Å². The van der Waals surface area contributed by atoms with Crippen LogP contribution in [0.1, 0.15) is 65.0 Å². The Morgan fingerprint density at radius 2 is 1.91 bits per heavy atom. The average Bonchev–Trinajstić information content (AvgIpc) is 2.76. The van der Waals surface area contributed by atoms with E-state index >= 15 is 0 Å². The number of hydrogen-bond acceptors (Lipinski definition) is 6. The smallest absolute Gasteiger partial charge is 0.408 e. The highest BCUT2D eigenvalue weighted by Crippen LogP contribution is 2.29. The van der Waals surface area contributed by atoms with Crippen molar-refractivity contribution >= 4 is 29.7 Å². The van der Waals surface area contributed by atoms with Crippen molar-refractivity contribution < 1.29 is 24.2 Å². The summed E-state index contributed by atoms with van der Waals surface area (Å²) >= 11 is 1.50. The minimum Gasteiger partial charge on any atom is -0.508 e. The van der Waals surface area contributed by atoms with Gasteiger partial charge >= 0.3 is 6.09 Å². The van der Waals surface area contributed by atoms with Gasteiger partial charge in [0.05, 0.1) is 0 Å². The molecule has 0 saturated carbocycles. The minimum atomic E-state index is -1.27. The fourth-order valence-corrected chi connectivity index (χ4v) is 3.65. The van der Waals surface area contributed by atoms with Crippen LogP contribution in [0, 0.1) is 12.5 Å². The summed E-state index contributed by atoms with van der Waals surface area (Å²) in [6.07, 6.45) is 9.82. The maximum atomic E-state index is 13.5. The molecule has 3 amide bonds. The summed E-state index contributed by atoms with van der Waals surface area (Å²) in [5, 5.41) is 15.8. The van der Waals surface area contributed by atoms with E-state index in [1.165, 1.54) is 17.8 Å². The number of amides is 3. The van der Waals surface area contributed by atoms with E-state index in [4.69, 9.17) is 11.2 Å². The van der Waals surface area contributed by atoms with Crippen LogP contribution in [0.5, 0.6) is 5.75 Å². The molecular formula is C25H37N3O5S. The standard InChI is InChI=1S/C25H37N3O5S/c1-7-9-12-16-26-22(30)21(18-13-10-11-14-20(18)29)28(8-2)23(31)19(15-17-34-6)27-24(32)33-25(3,4)5/h2,10-11,13-14,19,21,29H,7,9,12,15-17H2,1,3-6H3,(H,26,30)(H,27,32). The Kier molecular flexibility index (Phi) is 12.4. The molecule has 0 bridgehead atoms. The number of ether oxygens (including phenoxy) is 1. The lowest BCUT2D eigenvalue weighted by molar-refractivity contribution is -0.138. The zero-order chi connectivity index (χ0) is 25.7. The number of nitrogens with zero attached hydrogens (tertiary/aromatic N) is 1. The van der Waals surface area contributed by atoms with Crippen molar-refractivity contribution in [3.63, 3.8) is 0 Å². The number of phenols is 1. The number of terminal acetylenes is 1. The van der Waals surface area contributed by atoms with Crippen LogP contribution in [-0.2, 0) is 14.3 Å². The van der Waals surface area contributed by atoms with Gasteiger partial charge < -0.3 is 20.5 Å². The predicted molar refractivity (Wildman–Crippen MR) is 135 cm³/mol. The molecule has 8 nitrogen and oxygen atoms in total. The molecule has 1 aromatic rings. The minimum absolute atomic E-state index is 0.162. The van der Waals surface area contributed by atoms with Crippen molar-refractivity contribution in [2.24, 2.45) is 0 Å². The van der Waals surface area contributed by atoms with Gasteiger partial charge in [-0.2, -0.15) is 11.8 Å². The number of aromatic hydroxyl groups is 1. The third-order valence-electron chi connectivity index (χ3n) is 4.79. The monoisotopic (exact) mass is 491 g/mol. The number of phenolic OH excluding ortho intramolecular Hbond substituents is 1. The van der Waals surface area contributed by atoms with E-state index in [1.54, 1.807) is 39.0 Å². The molecule has 34 heavy (non-hydrogen) atoms. The first kappa shape index (κ1) is 29.2. The van der Waals surface area contributed by atoms with E-state index in [9.17, 15) is 19.5 Å². The van der Waals surface area contributed by atoms with E-state index < -0.39 is 35.6 Å². The first-order chi connectivity index (χ1) is 16.1. The van der Waals surface area contributed by atoms with Crippen LogP contribution in [-0.4, -0.2) is 58.1 Å². The van der Waals surface area contributed by atoms with Gasteiger partial charge in [0.1, 0.15) is 17.4 Å². The first-order valence-electron chi connectivity index (χ1n) is 11.4. The van der Waals surface area contributed by atoms with Crippen molar-refractivity contribution in [3.05, 3.63) is 29.8 Å². The number of thioether (sulfide) groups is 1. The highest BCUT2D eigenvalue weighted by atomic mass is 32.2. The van der Waals surface area contributed by atoms with Crippen molar-refractivity contribution in [1.29, 1.82) is 0 Å². The van der Waals surface area contributed by atoms with Crippen molar-refractivity contribution in [2.75, 3.05) is 18.6 Å². The molecule has 0 heterocycles. The zero-order valence-corrected chi connectivity index (χ0v) is 21.5. The van der Waals surface area contributed by atoms with Gasteiger partial charge in [0.25, 0.3) is 5.91 Å². The lowest BCUT2D eigenvalue weighted by Gasteiger charge is -2.30. The summed E-state index contributed by atoms with van der Waals surface area (Å²) in [5.41, 5.74) is -0.553. The molecule has 0 aliphatic heterocycles. The van der Waals surface area contributed by atoms with Crippen LogP contribution in [0.25, 0.3) is 0 Å². The summed E-state index contributed by atoms with van der Waals surface area (Å²) < 4.78 is 5.30. The first-order valence-corrected chi connectivity index (χ1v) is 12.8. The molecule has 9 heteroatoms. The number of hydrogen-bond donors (Lipinski definition) is 3. The van der Waals surface area contributed by atoms with Gasteiger partial charge in [0.15, 0.2) is 6.04 Å². The Morgan fingerprint density at radius 3 is 2.47 bits per heavy atom. The molecule has 0 spiro atoms. The van der Waals surface area contributed by atoms with Crippen LogP contribution in [0.15, 0.2) is 24.3 Å². The molecule has 0 radical (unpaired) electrons. The number of nitrogens with one attached hydrogen (secondary N) is 2. The van der Waals surface area contributed by atoms with E-state index in [-0.39, 0.29) is 17.7 Å². The summed E-state index contributed by atoms with van der Waals surface area (Å²) in [6, 6.07) is 6.25. The number of carbonyl (C=O) groups excluding carboxylic acids is 3. The fourth-order valence-electron chi connectivity index (χ4n) is 3.18. The maximum absolute atomic E-state index is 13.5. The van der Waals surface area contributed by atoms with E-state index in [1.807, 2.05) is 6.26 Å². The Balaban J connectivity index is 3.27. The van der Waals surface area contributed by atoms with E-state index in [0.717, 1.165) is 24.2 Å². The maximum Gasteiger partial charge on any atom is 0.408 e. The molecule has 3 N–H and O–H groups in total. The third-order valence-corrected chi connectivity index (χ3v) is 5.44. The highest BCUT2D eigenvalue weighted by Gasteiger charge is 2.36. The lowest BCUT2D eigenvalue weighted by Crippen LogP contribution is -2.51. The molecular weight excluding hydrogens is 454 g/mol. The van der Waals surface area contributed by atoms with Gasteiger partial charge in [0.2, 0.25) is 5.91 Å². The molecule has 0 saturated heterocycles. The Bertz CT molecular complexity index is 863. The second kappa shape index (κ2) is 14.4. The Labute approximate surface area is 207 Å². The summed E-state index contributed by atoms with van der Waals surface area (Å²) in [7, 11) is 0. The van der Waals surface area contributed by atoms with Gasteiger partial charge in [-0.25, -0.2) is 4.79 Å². The fraction of sp³-hybridized carbons (Fsp3) is 0.560. The van der Waals surface area contributed by atoms with Crippen LogP contribution in [0.4, 0.5) is 4.79 Å². The van der Waals surface area contributed by atoms with Gasteiger partial charge in [-0.3, -0.25) is 14.5 Å². The molecule has 1 aromatic carbocycles.